The Morgan fingerprint density at radius 2 is 2.05 bits per heavy atom. The van der Waals surface area contributed by atoms with Crippen LogP contribution in [-0.4, -0.2) is 18.0 Å². The Balaban J connectivity index is 1.99. The first-order valence-corrected chi connectivity index (χ1v) is 5.81. The molecule has 1 amide bonds. The number of hydrogen-bond acceptors (Lipinski definition) is 3. The lowest BCUT2D eigenvalue weighted by molar-refractivity contribution is -0.111. The molecule has 0 bridgehead atoms. The molecule has 96 valence electrons. The summed E-state index contributed by atoms with van der Waals surface area (Å²) in [5, 5.41) is 2.77. The Hall–Kier alpha value is -2.62. The van der Waals surface area contributed by atoms with Crippen molar-refractivity contribution < 1.29 is 9.53 Å². The summed E-state index contributed by atoms with van der Waals surface area (Å²) in [7, 11) is 1.59. The van der Waals surface area contributed by atoms with Crippen molar-refractivity contribution in [3.8, 4) is 5.75 Å². The lowest BCUT2D eigenvalue weighted by Gasteiger charge is -2.04. The van der Waals surface area contributed by atoms with Gasteiger partial charge in [-0.15, -0.1) is 0 Å². The maximum atomic E-state index is 11.7. The molecule has 0 fully saturated rings. The average Bonchev–Trinajstić information content (AvgIpc) is 2.46. The van der Waals surface area contributed by atoms with Gasteiger partial charge >= 0.3 is 0 Å². The third-order valence-electron chi connectivity index (χ3n) is 2.47. The molecule has 1 aromatic carbocycles. The van der Waals surface area contributed by atoms with E-state index >= 15 is 0 Å². The molecule has 19 heavy (non-hydrogen) atoms. The molecule has 1 N–H and O–H groups in total. The molecule has 1 heterocycles. The van der Waals surface area contributed by atoms with Crippen molar-refractivity contribution in [1.29, 1.82) is 0 Å². The number of aromatic nitrogens is 1. The fourth-order valence-electron chi connectivity index (χ4n) is 1.53. The van der Waals surface area contributed by atoms with E-state index < -0.39 is 0 Å². The first-order valence-electron chi connectivity index (χ1n) is 5.81. The molecule has 4 heteroatoms. The molecule has 0 aliphatic rings. The number of ether oxygens (including phenoxy) is 1. The second-order valence-electron chi connectivity index (χ2n) is 3.84. The van der Waals surface area contributed by atoms with Crippen molar-refractivity contribution in [2.75, 3.05) is 12.4 Å². The number of nitrogens with one attached hydrogen (secondary N) is 1. The van der Waals surface area contributed by atoms with E-state index in [0.29, 0.717) is 11.4 Å². The van der Waals surface area contributed by atoms with Crippen LogP contribution in [0.3, 0.4) is 0 Å². The molecule has 4 nitrogen and oxygen atoms in total. The summed E-state index contributed by atoms with van der Waals surface area (Å²) >= 11 is 0. The summed E-state index contributed by atoms with van der Waals surface area (Å²) in [6.45, 7) is 0. The van der Waals surface area contributed by atoms with Crippen LogP contribution >= 0.6 is 0 Å². The number of pyridine rings is 1. The van der Waals surface area contributed by atoms with Gasteiger partial charge < -0.3 is 10.1 Å². The maximum Gasteiger partial charge on any atom is 0.248 e. The molecule has 0 saturated heterocycles. The van der Waals surface area contributed by atoms with E-state index in [2.05, 4.69) is 10.3 Å². The molecule has 2 aromatic rings. The minimum absolute atomic E-state index is 0.190. The zero-order valence-corrected chi connectivity index (χ0v) is 10.5. The highest BCUT2D eigenvalue weighted by Gasteiger charge is 1.99. The van der Waals surface area contributed by atoms with E-state index in [4.69, 9.17) is 4.74 Å². The Bertz CT molecular complexity index is 580. The Morgan fingerprint density at radius 3 is 2.79 bits per heavy atom. The second-order valence-corrected chi connectivity index (χ2v) is 3.84. The first kappa shape index (κ1) is 12.8. The summed E-state index contributed by atoms with van der Waals surface area (Å²) in [6.07, 6.45) is 6.57. The van der Waals surface area contributed by atoms with Crippen LogP contribution in [0.2, 0.25) is 0 Å². The van der Waals surface area contributed by atoms with Crippen LogP contribution in [0.15, 0.2) is 54.9 Å². The van der Waals surface area contributed by atoms with Crippen LogP contribution < -0.4 is 10.1 Å². The molecule has 1 aromatic heterocycles. The molecule has 0 atom stereocenters. The summed E-state index contributed by atoms with van der Waals surface area (Å²) in [5.74, 6) is 0.515. The summed E-state index contributed by atoms with van der Waals surface area (Å²) < 4.78 is 5.09. The Labute approximate surface area is 111 Å². The van der Waals surface area contributed by atoms with E-state index in [9.17, 15) is 4.79 Å². The molecule has 0 spiro atoms. The number of carbonyl (C=O) groups excluding carboxylic acids is 1. The quantitative estimate of drug-likeness (QED) is 0.853. The van der Waals surface area contributed by atoms with Crippen molar-refractivity contribution in [2.24, 2.45) is 0 Å². The lowest BCUT2D eigenvalue weighted by atomic mass is 10.2. The van der Waals surface area contributed by atoms with Gasteiger partial charge in [-0.3, -0.25) is 9.78 Å². The lowest BCUT2D eigenvalue weighted by Crippen LogP contribution is -2.07. The van der Waals surface area contributed by atoms with Crippen molar-refractivity contribution in [3.05, 3.63) is 60.4 Å². The summed E-state index contributed by atoms with van der Waals surface area (Å²) in [4.78, 5) is 15.6. The molecule has 2 rings (SSSR count). The number of amides is 1. The van der Waals surface area contributed by atoms with Crippen LogP contribution in [0.4, 0.5) is 5.69 Å². The monoisotopic (exact) mass is 254 g/mol. The van der Waals surface area contributed by atoms with E-state index in [1.165, 1.54) is 6.08 Å². The van der Waals surface area contributed by atoms with Gasteiger partial charge in [-0.1, -0.05) is 6.07 Å². The number of anilines is 1. The highest BCUT2D eigenvalue weighted by molar-refractivity contribution is 6.01. The van der Waals surface area contributed by atoms with Crippen LogP contribution in [-0.2, 0) is 4.79 Å². The minimum atomic E-state index is -0.190. The molecular weight excluding hydrogens is 240 g/mol. The molecule has 0 aliphatic heterocycles. The van der Waals surface area contributed by atoms with Gasteiger partial charge in [0.05, 0.1) is 7.11 Å². The largest absolute Gasteiger partial charge is 0.497 e. The number of benzene rings is 1. The smallest absolute Gasteiger partial charge is 0.248 e. The van der Waals surface area contributed by atoms with Crippen molar-refractivity contribution in [3.63, 3.8) is 0 Å². The first-order chi connectivity index (χ1) is 9.28. The molecule has 0 unspecified atom stereocenters. The summed E-state index contributed by atoms with van der Waals surface area (Å²) in [5.41, 5.74) is 1.62. The van der Waals surface area contributed by atoms with E-state index in [-0.39, 0.29) is 5.91 Å². The zero-order valence-electron chi connectivity index (χ0n) is 10.5. The normalized spacial score (nSPS) is 10.4. The summed E-state index contributed by atoms with van der Waals surface area (Å²) in [6, 6.07) is 10.9. The van der Waals surface area contributed by atoms with Crippen LogP contribution in [0.5, 0.6) is 5.75 Å². The number of carbonyl (C=O) groups is 1. The van der Waals surface area contributed by atoms with Crippen LogP contribution in [0.25, 0.3) is 6.08 Å². The third-order valence-corrected chi connectivity index (χ3v) is 2.47. The predicted octanol–water partition coefficient (Wildman–Crippen LogP) is 2.74. The van der Waals surface area contributed by atoms with Gasteiger partial charge in [-0.25, -0.2) is 0 Å². The highest BCUT2D eigenvalue weighted by Crippen LogP contribution is 2.16. The average molecular weight is 254 g/mol. The number of methoxy groups -OCH3 is 1. The number of rotatable bonds is 4. The predicted molar refractivity (Wildman–Crippen MR) is 74.9 cm³/mol. The van der Waals surface area contributed by atoms with E-state index in [1.807, 2.05) is 24.3 Å². The number of hydrogen-bond donors (Lipinski definition) is 1. The van der Waals surface area contributed by atoms with Gasteiger partial charge in [-0.2, -0.15) is 0 Å². The van der Waals surface area contributed by atoms with Gasteiger partial charge in [0.1, 0.15) is 5.75 Å². The van der Waals surface area contributed by atoms with Crippen LogP contribution in [0.1, 0.15) is 5.56 Å². The molecule has 0 radical (unpaired) electrons. The van der Waals surface area contributed by atoms with E-state index in [0.717, 1.165) is 5.56 Å². The Kier molecular flexibility index (Phi) is 4.29. The van der Waals surface area contributed by atoms with Crippen molar-refractivity contribution >= 4 is 17.7 Å². The second kappa shape index (κ2) is 6.35. The molecule has 0 aliphatic carbocycles. The van der Waals surface area contributed by atoms with Gasteiger partial charge in [-0.05, 0) is 35.9 Å². The minimum Gasteiger partial charge on any atom is -0.497 e. The fraction of sp³-hybridized carbons (Fsp3) is 0.0667. The van der Waals surface area contributed by atoms with E-state index in [1.54, 1.807) is 37.7 Å². The maximum absolute atomic E-state index is 11.7. The van der Waals surface area contributed by atoms with Gasteiger partial charge in [0, 0.05) is 30.2 Å². The van der Waals surface area contributed by atoms with Crippen LogP contribution in [0, 0.1) is 0 Å². The van der Waals surface area contributed by atoms with Gasteiger partial charge in [0.25, 0.3) is 0 Å². The highest BCUT2D eigenvalue weighted by atomic mass is 16.5. The van der Waals surface area contributed by atoms with Gasteiger partial charge in [0.15, 0.2) is 0 Å². The number of nitrogens with zero attached hydrogens (tertiary/aromatic N) is 1. The van der Waals surface area contributed by atoms with Gasteiger partial charge in [0.2, 0.25) is 5.91 Å². The molecular formula is C15H14N2O2. The topological polar surface area (TPSA) is 51.2 Å². The van der Waals surface area contributed by atoms with Crippen molar-refractivity contribution in [2.45, 2.75) is 0 Å². The van der Waals surface area contributed by atoms with Crippen molar-refractivity contribution in [1.82, 2.24) is 4.98 Å². The molecule has 0 saturated carbocycles. The standard InChI is InChI=1S/C15H14N2O2/c1-19-14-4-2-3-13(11-14)17-15(18)6-5-12-7-9-16-10-8-12/h2-11H,1H3,(H,17,18)/b6-5+. The SMILES string of the molecule is COc1cccc(NC(=O)/C=C/c2ccncc2)c1. The third kappa shape index (κ3) is 3.96. The Morgan fingerprint density at radius 1 is 1.26 bits per heavy atom. The zero-order chi connectivity index (χ0) is 13.5. The fourth-order valence-corrected chi connectivity index (χ4v) is 1.53.